The van der Waals surface area contributed by atoms with Crippen molar-refractivity contribution in [1.82, 2.24) is 0 Å². The fraction of sp³-hybridized carbons (Fsp3) is 0.182. The van der Waals surface area contributed by atoms with Crippen molar-refractivity contribution < 1.29 is 19.2 Å². The molecule has 0 aliphatic carbocycles. The molecular formula is C11H11FN2O4. The van der Waals surface area contributed by atoms with E-state index in [1.807, 2.05) is 0 Å². The average molecular weight is 254 g/mol. The zero-order valence-electron chi connectivity index (χ0n) is 9.57. The molecule has 0 unspecified atom stereocenters. The number of rotatable bonds is 5. The van der Waals surface area contributed by atoms with Crippen molar-refractivity contribution in [2.45, 2.75) is 6.92 Å². The summed E-state index contributed by atoms with van der Waals surface area (Å²) in [5.41, 5.74) is -0.739. The van der Waals surface area contributed by atoms with Crippen LogP contribution in [0, 0.1) is 15.9 Å². The summed E-state index contributed by atoms with van der Waals surface area (Å²) in [7, 11) is 0. The highest BCUT2D eigenvalue weighted by molar-refractivity contribution is 5.93. The van der Waals surface area contributed by atoms with Crippen molar-refractivity contribution in [2.75, 3.05) is 11.9 Å². The van der Waals surface area contributed by atoms with Crippen molar-refractivity contribution in [3.8, 4) is 0 Å². The fourth-order valence-electron chi connectivity index (χ4n) is 1.27. The third-order valence-corrected chi connectivity index (χ3v) is 2.09. The highest BCUT2D eigenvalue weighted by Crippen LogP contribution is 2.26. The van der Waals surface area contributed by atoms with E-state index in [9.17, 15) is 19.3 Å². The average Bonchev–Trinajstić information content (AvgIpc) is 2.26. The standard InChI is InChI=1S/C11H11FN2O4/c1-6(2)5-13-9-3-7(11(15)16)10(14(17)18)4-8(9)12/h3-4,13H,1,5H2,2H3,(H,15,16). The minimum Gasteiger partial charge on any atom is -0.477 e. The van der Waals surface area contributed by atoms with Gasteiger partial charge in [-0.3, -0.25) is 10.1 Å². The van der Waals surface area contributed by atoms with E-state index in [1.165, 1.54) is 0 Å². The van der Waals surface area contributed by atoms with Gasteiger partial charge in [0.2, 0.25) is 0 Å². The van der Waals surface area contributed by atoms with Crippen molar-refractivity contribution in [2.24, 2.45) is 0 Å². The van der Waals surface area contributed by atoms with Crippen LogP contribution in [-0.2, 0) is 0 Å². The zero-order chi connectivity index (χ0) is 13.9. The summed E-state index contributed by atoms with van der Waals surface area (Å²) >= 11 is 0. The van der Waals surface area contributed by atoms with Crippen LogP contribution < -0.4 is 5.32 Å². The Bertz CT molecular complexity index is 528. The molecule has 0 heterocycles. The minimum absolute atomic E-state index is 0.110. The molecular weight excluding hydrogens is 243 g/mol. The quantitative estimate of drug-likeness (QED) is 0.478. The number of anilines is 1. The molecule has 0 saturated carbocycles. The van der Waals surface area contributed by atoms with E-state index in [0.29, 0.717) is 11.6 Å². The van der Waals surface area contributed by atoms with Gasteiger partial charge in [-0.05, 0) is 13.0 Å². The molecule has 1 aromatic rings. The molecule has 2 N–H and O–H groups in total. The summed E-state index contributed by atoms with van der Waals surface area (Å²) in [4.78, 5) is 20.5. The van der Waals surface area contributed by atoms with Crippen LogP contribution in [0.15, 0.2) is 24.3 Å². The van der Waals surface area contributed by atoms with Crippen molar-refractivity contribution in [1.29, 1.82) is 0 Å². The third-order valence-electron chi connectivity index (χ3n) is 2.09. The van der Waals surface area contributed by atoms with Gasteiger partial charge in [0.15, 0.2) is 5.82 Å². The van der Waals surface area contributed by atoms with Gasteiger partial charge < -0.3 is 10.4 Å². The lowest BCUT2D eigenvalue weighted by Crippen LogP contribution is -2.08. The maximum absolute atomic E-state index is 13.5. The van der Waals surface area contributed by atoms with Gasteiger partial charge in [-0.25, -0.2) is 9.18 Å². The number of hydrogen-bond acceptors (Lipinski definition) is 4. The molecule has 0 spiro atoms. The van der Waals surface area contributed by atoms with Crippen LogP contribution in [0.3, 0.4) is 0 Å². The Kier molecular flexibility index (Phi) is 3.98. The molecule has 6 nitrogen and oxygen atoms in total. The molecule has 0 amide bonds. The topological polar surface area (TPSA) is 92.5 Å². The second kappa shape index (κ2) is 5.26. The first kappa shape index (κ1) is 13.6. The Hall–Kier alpha value is -2.44. The summed E-state index contributed by atoms with van der Waals surface area (Å²) in [5, 5.41) is 22.0. The monoisotopic (exact) mass is 254 g/mol. The number of nitrogens with one attached hydrogen (secondary N) is 1. The molecule has 1 aromatic carbocycles. The molecule has 0 radical (unpaired) electrons. The van der Waals surface area contributed by atoms with Crippen molar-refractivity contribution in [3.63, 3.8) is 0 Å². The van der Waals surface area contributed by atoms with Gasteiger partial charge in [0.05, 0.1) is 16.7 Å². The van der Waals surface area contributed by atoms with E-state index in [2.05, 4.69) is 11.9 Å². The van der Waals surface area contributed by atoms with Gasteiger partial charge >= 0.3 is 5.97 Å². The van der Waals surface area contributed by atoms with Crippen LogP contribution in [0.5, 0.6) is 0 Å². The van der Waals surface area contributed by atoms with Gasteiger partial charge in [0.1, 0.15) is 5.56 Å². The van der Waals surface area contributed by atoms with E-state index >= 15 is 0 Å². The van der Waals surface area contributed by atoms with E-state index in [-0.39, 0.29) is 12.2 Å². The van der Waals surface area contributed by atoms with Crippen LogP contribution in [0.25, 0.3) is 0 Å². The molecule has 0 fully saturated rings. The van der Waals surface area contributed by atoms with E-state index in [0.717, 1.165) is 6.07 Å². The lowest BCUT2D eigenvalue weighted by Gasteiger charge is -2.08. The van der Waals surface area contributed by atoms with Gasteiger partial charge in [0, 0.05) is 6.54 Å². The van der Waals surface area contributed by atoms with Crippen LogP contribution >= 0.6 is 0 Å². The van der Waals surface area contributed by atoms with Gasteiger partial charge in [-0.1, -0.05) is 12.2 Å². The zero-order valence-corrected chi connectivity index (χ0v) is 9.57. The minimum atomic E-state index is -1.49. The number of nitrogens with zero attached hydrogens (tertiary/aromatic N) is 1. The van der Waals surface area contributed by atoms with Crippen LogP contribution in [0.2, 0.25) is 0 Å². The lowest BCUT2D eigenvalue weighted by atomic mass is 10.1. The number of carbonyl (C=O) groups is 1. The van der Waals surface area contributed by atoms with E-state index < -0.39 is 28.0 Å². The predicted octanol–water partition coefficient (Wildman–Crippen LogP) is 2.42. The first-order chi connectivity index (χ1) is 8.32. The van der Waals surface area contributed by atoms with Crippen molar-refractivity contribution in [3.05, 3.63) is 45.8 Å². The van der Waals surface area contributed by atoms with Crippen LogP contribution in [-0.4, -0.2) is 22.5 Å². The summed E-state index contributed by atoms with van der Waals surface area (Å²) in [6.07, 6.45) is 0. The smallest absolute Gasteiger partial charge is 0.342 e. The number of halogens is 1. The molecule has 7 heteroatoms. The third kappa shape index (κ3) is 3.03. The summed E-state index contributed by atoms with van der Waals surface area (Å²) in [5.74, 6) is -2.37. The van der Waals surface area contributed by atoms with Crippen LogP contribution in [0.4, 0.5) is 15.8 Å². The number of nitro groups is 1. The first-order valence-electron chi connectivity index (χ1n) is 4.92. The number of carboxylic acids is 1. The normalized spacial score (nSPS) is 9.89. The summed E-state index contributed by atoms with van der Waals surface area (Å²) in [6, 6.07) is 1.49. The van der Waals surface area contributed by atoms with E-state index in [4.69, 9.17) is 5.11 Å². The largest absolute Gasteiger partial charge is 0.477 e. The molecule has 0 atom stereocenters. The number of nitro benzene ring substituents is 1. The second-order valence-corrected chi connectivity index (χ2v) is 3.72. The Morgan fingerprint density at radius 3 is 2.67 bits per heavy atom. The summed E-state index contributed by atoms with van der Waals surface area (Å²) < 4.78 is 13.5. The van der Waals surface area contributed by atoms with E-state index in [1.54, 1.807) is 6.92 Å². The number of benzene rings is 1. The Morgan fingerprint density at radius 2 is 2.22 bits per heavy atom. The molecule has 18 heavy (non-hydrogen) atoms. The maximum Gasteiger partial charge on any atom is 0.342 e. The van der Waals surface area contributed by atoms with Gasteiger partial charge in [-0.2, -0.15) is 0 Å². The van der Waals surface area contributed by atoms with Gasteiger partial charge in [0.25, 0.3) is 5.69 Å². The summed E-state index contributed by atoms with van der Waals surface area (Å²) in [6.45, 7) is 5.54. The van der Waals surface area contributed by atoms with Gasteiger partial charge in [-0.15, -0.1) is 0 Å². The molecule has 0 bridgehead atoms. The predicted molar refractivity (Wildman–Crippen MR) is 63.3 cm³/mol. The highest BCUT2D eigenvalue weighted by Gasteiger charge is 2.23. The maximum atomic E-state index is 13.5. The molecule has 0 aliphatic rings. The second-order valence-electron chi connectivity index (χ2n) is 3.72. The number of carboxylic acid groups (broad SMARTS) is 1. The Labute approximate surface area is 102 Å². The molecule has 0 aromatic heterocycles. The first-order valence-corrected chi connectivity index (χ1v) is 4.92. The Morgan fingerprint density at radius 1 is 1.61 bits per heavy atom. The number of aromatic carboxylic acids is 1. The molecule has 1 rings (SSSR count). The van der Waals surface area contributed by atoms with Crippen molar-refractivity contribution >= 4 is 17.3 Å². The van der Waals surface area contributed by atoms with Crippen LogP contribution in [0.1, 0.15) is 17.3 Å². The SMILES string of the molecule is C=C(C)CNc1cc(C(=O)O)c([N+](=O)[O-])cc1F. The molecule has 0 aliphatic heterocycles. The number of hydrogen-bond donors (Lipinski definition) is 2. The fourth-order valence-corrected chi connectivity index (χ4v) is 1.27. The Balaban J connectivity index is 3.23. The molecule has 0 saturated heterocycles. The molecule has 96 valence electrons. The lowest BCUT2D eigenvalue weighted by molar-refractivity contribution is -0.385. The highest BCUT2D eigenvalue weighted by atomic mass is 19.1.